The first-order valence-corrected chi connectivity index (χ1v) is 22.3. The van der Waals surface area contributed by atoms with Gasteiger partial charge >= 0.3 is 17.9 Å². The maximum absolute atomic E-state index is 12.6. The van der Waals surface area contributed by atoms with Crippen molar-refractivity contribution in [1.82, 2.24) is 0 Å². The zero-order chi connectivity index (χ0) is 38.0. The van der Waals surface area contributed by atoms with Crippen molar-refractivity contribution in [2.45, 2.75) is 239 Å². The molecule has 0 bridgehead atoms. The van der Waals surface area contributed by atoms with Crippen molar-refractivity contribution in [2.75, 3.05) is 13.2 Å². The van der Waals surface area contributed by atoms with Crippen molar-refractivity contribution in [3.8, 4) is 0 Å². The van der Waals surface area contributed by atoms with Crippen LogP contribution in [0.3, 0.4) is 0 Å². The molecule has 0 fully saturated rings. The Morgan fingerprint density at radius 1 is 0.365 bits per heavy atom. The predicted molar refractivity (Wildman–Crippen MR) is 219 cm³/mol. The standard InChI is InChI=1S/C46H84O6/c1-4-7-10-13-16-19-21-22-23-24-25-28-30-33-36-39-45(48)51-42-43(41-50-44(47)38-35-32-29-26-18-15-12-9-6-3)52-46(49)40-37-34-31-27-20-17-14-11-8-5-2/h14,17,26,29,43H,4-13,15-16,18-25,27-28,30-42H2,1-3H3/b17-14-,29-26-. The third kappa shape index (κ3) is 39.1. The summed E-state index contributed by atoms with van der Waals surface area (Å²) in [4.78, 5) is 37.6. The van der Waals surface area contributed by atoms with Crippen LogP contribution >= 0.6 is 0 Å². The molecule has 0 rings (SSSR count). The first-order chi connectivity index (χ1) is 25.5. The molecule has 304 valence electrons. The Kier molecular flexibility index (Phi) is 40.0. The number of rotatable bonds is 40. The van der Waals surface area contributed by atoms with Gasteiger partial charge in [-0.15, -0.1) is 0 Å². The molecule has 6 nitrogen and oxygen atoms in total. The van der Waals surface area contributed by atoms with E-state index in [1.165, 1.54) is 116 Å². The van der Waals surface area contributed by atoms with Gasteiger partial charge in [0, 0.05) is 19.3 Å². The molecule has 0 aromatic rings. The first-order valence-electron chi connectivity index (χ1n) is 22.3. The number of carbonyl (C=O) groups excluding carboxylic acids is 3. The summed E-state index contributed by atoms with van der Waals surface area (Å²) in [5.41, 5.74) is 0. The maximum atomic E-state index is 12.6. The molecule has 0 aliphatic heterocycles. The van der Waals surface area contributed by atoms with Crippen molar-refractivity contribution >= 4 is 17.9 Å². The quantitative estimate of drug-likeness (QED) is 0.0270. The zero-order valence-corrected chi connectivity index (χ0v) is 34.6. The maximum Gasteiger partial charge on any atom is 0.306 e. The van der Waals surface area contributed by atoms with E-state index in [-0.39, 0.29) is 31.1 Å². The van der Waals surface area contributed by atoms with Gasteiger partial charge in [0.05, 0.1) is 0 Å². The van der Waals surface area contributed by atoms with Gasteiger partial charge in [-0.2, -0.15) is 0 Å². The van der Waals surface area contributed by atoms with E-state index >= 15 is 0 Å². The highest BCUT2D eigenvalue weighted by Crippen LogP contribution is 2.15. The van der Waals surface area contributed by atoms with E-state index in [2.05, 4.69) is 45.1 Å². The van der Waals surface area contributed by atoms with E-state index in [1.54, 1.807) is 0 Å². The highest BCUT2D eigenvalue weighted by atomic mass is 16.6. The average molecular weight is 733 g/mol. The van der Waals surface area contributed by atoms with E-state index in [9.17, 15) is 14.4 Å². The molecule has 0 aliphatic rings. The summed E-state index contributed by atoms with van der Waals surface area (Å²) in [5.74, 6) is -0.930. The van der Waals surface area contributed by atoms with Crippen LogP contribution in [-0.2, 0) is 28.6 Å². The van der Waals surface area contributed by atoms with Crippen LogP contribution in [0, 0.1) is 0 Å². The van der Waals surface area contributed by atoms with Crippen LogP contribution < -0.4 is 0 Å². The summed E-state index contributed by atoms with van der Waals surface area (Å²) < 4.78 is 16.6. The largest absolute Gasteiger partial charge is 0.462 e. The van der Waals surface area contributed by atoms with Crippen LogP contribution in [0.2, 0.25) is 0 Å². The fraction of sp³-hybridized carbons (Fsp3) is 0.848. The summed E-state index contributed by atoms with van der Waals surface area (Å²) >= 11 is 0. The van der Waals surface area contributed by atoms with E-state index < -0.39 is 6.10 Å². The summed E-state index contributed by atoms with van der Waals surface area (Å²) in [5, 5.41) is 0. The Labute approximate surface area is 322 Å². The van der Waals surface area contributed by atoms with Gasteiger partial charge in [0.1, 0.15) is 13.2 Å². The van der Waals surface area contributed by atoms with Gasteiger partial charge in [-0.3, -0.25) is 14.4 Å². The monoisotopic (exact) mass is 733 g/mol. The van der Waals surface area contributed by atoms with Crippen LogP contribution in [0.1, 0.15) is 233 Å². The highest BCUT2D eigenvalue weighted by molar-refractivity contribution is 5.71. The van der Waals surface area contributed by atoms with Crippen molar-refractivity contribution in [2.24, 2.45) is 0 Å². The number of ether oxygens (including phenoxy) is 3. The average Bonchev–Trinajstić information content (AvgIpc) is 3.14. The van der Waals surface area contributed by atoms with Crippen LogP contribution in [0.5, 0.6) is 0 Å². The highest BCUT2D eigenvalue weighted by Gasteiger charge is 2.19. The molecular weight excluding hydrogens is 649 g/mol. The Balaban J connectivity index is 4.33. The number of allylic oxidation sites excluding steroid dienone is 4. The van der Waals surface area contributed by atoms with Gasteiger partial charge < -0.3 is 14.2 Å². The minimum Gasteiger partial charge on any atom is -0.462 e. The lowest BCUT2D eigenvalue weighted by Gasteiger charge is -2.18. The van der Waals surface area contributed by atoms with Gasteiger partial charge in [0.15, 0.2) is 6.10 Å². The first kappa shape index (κ1) is 49.9. The summed E-state index contributed by atoms with van der Waals surface area (Å²) in [6.45, 7) is 6.52. The molecule has 1 atom stereocenters. The van der Waals surface area contributed by atoms with E-state index in [0.29, 0.717) is 19.3 Å². The third-order valence-electron chi connectivity index (χ3n) is 9.68. The molecule has 0 N–H and O–H groups in total. The lowest BCUT2D eigenvalue weighted by atomic mass is 10.0. The van der Waals surface area contributed by atoms with E-state index in [4.69, 9.17) is 14.2 Å². The predicted octanol–water partition coefficient (Wildman–Crippen LogP) is 14.0. The minimum atomic E-state index is -0.780. The molecule has 1 unspecified atom stereocenters. The van der Waals surface area contributed by atoms with Gasteiger partial charge in [-0.25, -0.2) is 0 Å². The fourth-order valence-corrected chi connectivity index (χ4v) is 6.25. The van der Waals surface area contributed by atoms with Crippen LogP contribution in [-0.4, -0.2) is 37.2 Å². The molecule has 0 radical (unpaired) electrons. The number of carbonyl (C=O) groups is 3. The number of hydrogen-bond donors (Lipinski definition) is 0. The molecular formula is C46H84O6. The van der Waals surface area contributed by atoms with E-state index in [1.807, 2.05) is 0 Å². The molecule has 0 heterocycles. The van der Waals surface area contributed by atoms with Crippen LogP contribution in [0.4, 0.5) is 0 Å². The van der Waals surface area contributed by atoms with Gasteiger partial charge in [-0.05, 0) is 57.8 Å². The van der Waals surface area contributed by atoms with Crippen LogP contribution in [0.25, 0.3) is 0 Å². The van der Waals surface area contributed by atoms with Gasteiger partial charge in [-0.1, -0.05) is 180 Å². The molecule has 0 spiro atoms. The molecule has 6 heteroatoms. The molecule has 52 heavy (non-hydrogen) atoms. The van der Waals surface area contributed by atoms with Gasteiger partial charge in [0.25, 0.3) is 0 Å². The molecule has 0 aromatic carbocycles. The lowest BCUT2D eigenvalue weighted by molar-refractivity contribution is -0.167. The molecule has 0 aliphatic carbocycles. The second-order valence-electron chi connectivity index (χ2n) is 15.0. The number of hydrogen-bond acceptors (Lipinski definition) is 6. The normalized spacial score (nSPS) is 12.1. The molecule has 0 aromatic heterocycles. The topological polar surface area (TPSA) is 78.9 Å². The SMILES string of the molecule is CCCC/C=C\CCCCCCC(=O)OC(COC(=O)CCC/C=C\CCCCCC)COC(=O)CCCCCCCCCCCCCCCCC. The van der Waals surface area contributed by atoms with Crippen LogP contribution in [0.15, 0.2) is 24.3 Å². The second-order valence-corrected chi connectivity index (χ2v) is 15.0. The Morgan fingerprint density at radius 2 is 0.673 bits per heavy atom. The fourth-order valence-electron chi connectivity index (χ4n) is 6.25. The van der Waals surface area contributed by atoms with Gasteiger partial charge in [0.2, 0.25) is 0 Å². The Morgan fingerprint density at radius 3 is 1.12 bits per heavy atom. The van der Waals surface area contributed by atoms with Crippen molar-refractivity contribution in [3.05, 3.63) is 24.3 Å². The molecule has 0 saturated heterocycles. The molecule has 0 saturated carbocycles. The smallest absolute Gasteiger partial charge is 0.306 e. The second kappa shape index (κ2) is 41.6. The molecule has 0 amide bonds. The zero-order valence-electron chi connectivity index (χ0n) is 34.6. The summed E-state index contributed by atoms with van der Waals surface area (Å²) in [7, 11) is 0. The van der Waals surface area contributed by atoms with Crippen molar-refractivity contribution in [1.29, 1.82) is 0 Å². The lowest BCUT2D eigenvalue weighted by Crippen LogP contribution is -2.30. The van der Waals surface area contributed by atoms with E-state index in [0.717, 1.165) is 77.0 Å². The van der Waals surface area contributed by atoms with Crippen molar-refractivity contribution < 1.29 is 28.6 Å². The van der Waals surface area contributed by atoms with Crippen molar-refractivity contribution in [3.63, 3.8) is 0 Å². The number of unbranched alkanes of at least 4 members (excludes halogenated alkanes) is 25. The third-order valence-corrected chi connectivity index (χ3v) is 9.68. The Bertz CT molecular complexity index is 850. The summed E-state index contributed by atoms with van der Waals surface area (Å²) in [6, 6.07) is 0. The number of esters is 3. The summed E-state index contributed by atoms with van der Waals surface area (Å²) in [6.07, 6.45) is 44.6. The Hall–Kier alpha value is -2.11. The minimum absolute atomic E-state index is 0.0816.